The first kappa shape index (κ1) is 14.5. The third-order valence-electron chi connectivity index (χ3n) is 4.85. The molecule has 0 spiro atoms. The molecular weight excluding hydrogens is 234 g/mol. The Bertz CT molecular complexity index is 412. The third kappa shape index (κ3) is 2.67. The highest BCUT2D eigenvalue weighted by Crippen LogP contribution is 2.37. The number of likely N-dealkylation sites (tertiary alicyclic amines) is 1. The van der Waals surface area contributed by atoms with E-state index in [0.717, 1.165) is 6.42 Å². The molecule has 1 aliphatic heterocycles. The van der Waals surface area contributed by atoms with E-state index in [2.05, 4.69) is 49.1 Å². The number of hydrogen-bond donors (Lipinski definition) is 1. The molecule has 0 saturated carbocycles. The lowest BCUT2D eigenvalue weighted by Gasteiger charge is -2.45. The first-order valence-corrected chi connectivity index (χ1v) is 7.46. The SMILES string of the molecule is CCC(C)(C(NC)c1cnccc1C)N1CCCC1. The average Bonchev–Trinajstić information content (AvgIpc) is 2.96. The van der Waals surface area contributed by atoms with E-state index in [4.69, 9.17) is 0 Å². The van der Waals surface area contributed by atoms with Gasteiger partial charge in [0.05, 0.1) is 6.04 Å². The summed E-state index contributed by atoms with van der Waals surface area (Å²) in [5, 5.41) is 3.55. The molecule has 106 valence electrons. The zero-order valence-corrected chi connectivity index (χ0v) is 12.7. The molecule has 2 heterocycles. The molecule has 3 nitrogen and oxygen atoms in total. The van der Waals surface area contributed by atoms with Gasteiger partial charge in [-0.2, -0.15) is 0 Å². The van der Waals surface area contributed by atoms with E-state index in [1.165, 1.54) is 37.1 Å². The fourth-order valence-corrected chi connectivity index (χ4v) is 3.42. The molecule has 1 N–H and O–H groups in total. The van der Waals surface area contributed by atoms with E-state index in [-0.39, 0.29) is 5.54 Å². The van der Waals surface area contributed by atoms with E-state index in [1.54, 1.807) is 0 Å². The molecule has 2 rings (SSSR count). The molecular formula is C16H27N3. The Kier molecular flexibility index (Phi) is 4.58. The van der Waals surface area contributed by atoms with E-state index in [9.17, 15) is 0 Å². The maximum Gasteiger partial charge on any atom is 0.0519 e. The summed E-state index contributed by atoms with van der Waals surface area (Å²) < 4.78 is 0. The summed E-state index contributed by atoms with van der Waals surface area (Å²) in [6.45, 7) is 9.32. The highest BCUT2D eigenvalue weighted by molar-refractivity contribution is 5.28. The predicted molar refractivity (Wildman–Crippen MR) is 80.3 cm³/mol. The predicted octanol–water partition coefficient (Wildman–Crippen LogP) is 2.92. The highest BCUT2D eigenvalue weighted by Gasteiger charge is 2.40. The number of pyridine rings is 1. The maximum atomic E-state index is 4.33. The van der Waals surface area contributed by atoms with Crippen LogP contribution in [0, 0.1) is 6.92 Å². The fourth-order valence-electron chi connectivity index (χ4n) is 3.42. The van der Waals surface area contributed by atoms with Crippen molar-refractivity contribution in [3.63, 3.8) is 0 Å². The zero-order chi connectivity index (χ0) is 13.9. The van der Waals surface area contributed by atoms with Crippen LogP contribution in [-0.4, -0.2) is 35.6 Å². The molecule has 2 unspecified atom stereocenters. The Hall–Kier alpha value is -0.930. The Balaban J connectivity index is 2.35. The van der Waals surface area contributed by atoms with Crippen molar-refractivity contribution < 1.29 is 0 Å². The number of hydrogen-bond acceptors (Lipinski definition) is 3. The summed E-state index contributed by atoms with van der Waals surface area (Å²) in [7, 11) is 2.07. The van der Waals surface area contributed by atoms with Crippen LogP contribution in [0.25, 0.3) is 0 Å². The fraction of sp³-hybridized carbons (Fsp3) is 0.688. The van der Waals surface area contributed by atoms with E-state index < -0.39 is 0 Å². The molecule has 0 aromatic carbocycles. The summed E-state index contributed by atoms with van der Waals surface area (Å²) in [6.07, 6.45) is 7.72. The van der Waals surface area contributed by atoms with Crippen molar-refractivity contribution in [3.05, 3.63) is 29.6 Å². The lowest BCUT2D eigenvalue weighted by molar-refractivity contribution is 0.0869. The van der Waals surface area contributed by atoms with Crippen LogP contribution < -0.4 is 5.32 Å². The topological polar surface area (TPSA) is 28.2 Å². The Labute approximate surface area is 117 Å². The highest BCUT2D eigenvalue weighted by atomic mass is 15.2. The smallest absolute Gasteiger partial charge is 0.0519 e. The summed E-state index contributed by atoms with van der Waals surface area (Å²) in [4.78, 5) is 6.98. The summed E-state index contributed by atoms with van der Waals surface area (Å²) >= 11 is 0. The maximum absolute atomic E-state index is 4.33. The summed E-state index contributed by atoms with van der Waals surface area (Å²) in [5.74, 6) is 0. The molecule has 1 fully saturated rings. The van der Waals surface area contributed by atoms with E-state index in [0.29, 0.717) is 6.04 Å². The number of nitrogens with one attached hydrogen (secondary N) is 1. The van der Waals surface area contributed by atoms with Gasteiger partial charge in [-0.3, -0.25) is 9.88 Å². The average molecular weight is 261 g/mol. The Morgan fingerprint density at radius 3 is 2.63 bits per heavy atom. The van der Waals surface area contributed by atoms with Gasteiger partial charge in [0.1, 0.15) is 0 Å². The molecule has 3 heteroatoms. The van der Waals surface area contributed by atoms with Crippen molar-refractivity contribution in [1.82, 2.24) is 15.2 Å². The zero-order valence-electron chi connectivity index (χ0n) is 12.7. The van der Waals surface area contributed by atoms with Crippen molar-refractivity contribution in [1.29, 1.82) is 0 Å². The molecule has 0 bridgehead atoms. The van der Waals surface area contributed by atoms with Crippen LogP contribution in [0.2, 0.25) is 0 Å². The summed E-state index contributed by atoms with van der Waals surface area (Å²) in [5.41, 5.74) is 2.83. The molecule has 1 saturated heterocycles. The van der Waals surface area contributed by atoms with Gasteiger partial charge in [0.25, 0.3) is 0 Å². The minimum atomic E-state index is 0.166. The molecule has 1 aromatic rings. The van der Waals surface area contributed by atoms with Gasteiger partial charge < -0.3 is 5.32 Å². The first-order valence-electron chi connectivity index (χ1n) is 7.46. The number of aromatic nitrogens is 1. The molecule has 0 amide bonds. The van der Waals surface area contributed by atoms with Crippen molar-refractivity contribution >= 4 is 0 Å². The second-order valence-corrected chi connectivity index (χ2v) is 5.86. The lowest BCUT2D eigenvalue weighted by Crippen LogP contribution is -2.52. The van der Waals surface area contributed by atoms with Crippen molar-refractivity contribution in [2.45, 2.75) is 51.6 Å². The van der Waals surface area contributed by atoms with Gasteiger partial charge in [0, 0.05) is 17.9 Å². The van der Waals surface area contributed by atoms with Gasteiger partial charge in [0.2, 0.25) is 0 Å². The Morgan fingerprint density at radius 2 is 2.11 bits per heavy atom. The summed E-state index contributed by atoms with van der Waals surface area (Å²) in [6, 6.07) is 2.45. The quantitative estimate of drug-likeness (QED) is 0.883. The molecule has 1 aliphatic rings. The number of rotatable bonds is 5. The van der Waals surface area contributed by atoms with Crippen molar-refractivity contribution in [2.24, 2.45) is 0 Å². The number of likely N-dealkylation sites (N-methyl/N-ethyl adjacent to an activating group) is 1. The van der Waals surface area contributed by atoms with Crippen LogP contribution >= 0.6 is 0 Å². The van der Waals surface area contributed by atoms with Crippen LogP contribution in [0.15, 0.2) is 18.5 Å². The van der Waals surface area contributed by atoms with Gasteiger partial charge in [-0.1, -0.05) is 6.92 Å². The van der Waals surface area contributed by atoms with E-state index in [1.807, 2.05) is 12.4 Å². The second-order valence-electron chi connectivity index (χ2n) is 5.86. The molecule has 1 aromatic heterocycles. The first-order chi connectivity index (χ1) is 9.13. The van der Waals surface area contributed by atoms with E-state index >= 15 is 0 Å². The van der Waals surface area contributed by atoms with Gasteiger partial charge in [0.15, 0.2) is 0 Å². The minimum Gasteiger partial charge on any atom is -0.311 e. The normalized spacial score (nSPS) is 21.3. The number of aryl methyl sites for hydroxylation is 1. The van der Waals surface area contributed by atoms with Gasteiger partial charge >= 0.3 is 0 Å². The van der Waals surface area contributed by atoms with Gasteiger partial charge in [-0.15, -0.1) is 0 Å². The van der Waals surface area contributed by atoms with Crippen molar-refractivity contribution in [2.75, 3.05) is 20.1 Å². The van der Waals surface area contributed by atoms with Crippen LogP contribution in [0.3, 0.4) is 0 Å². The molecule has 2 atom stereocenters. The van der Waals surface area contributed by atoms with Crippen molar-refractivity contribution in [3.8, 4) is 0 Å². The Morgan fingerprint density at radius 1 is 1.42 bits per heavy atom. The molecule has 0 aliphatic carbocycles. The third-order valence-corrected chi connectivity index (χ3v) is 4.85. The van der Waals surface area contributed by atoms with Crippen LogP contribution in [0.4, 0.5) is 0 Å². The van der Waals surface area contributed by atoms with Crippen LogP contribution in [0.5, 0.6) is 0 Å². The molecule has 19 heavy (non-hydrogen) atoms. The molecule has 0 radical (unpaired) electrons. The van der Waals surface area contributed by atoms with Crippen LogP contribution in [-0.2, 0) is 0 Å². The monoisotopic (exact) mass is 261 g/mol. The van der Waals surface area contributed by atoms with Crippen LogP contribution in [0.1, 0.15) is 50.3 Å². The minimum absolute atomic E-state index is 0.166. The largest absolute Gasteiger partial charge is 0.311 e. The van der Waals surface area contributed by atoms with Gasteiger partial charge in [-0.25, -0.2) is 0 Å². The standard InChI is InChI=1S/C16H27N3/c1-5-16(3,19-10-6-7-11-19)15(17-4)14-12-18-9-8-13(14)2/h8-9,12,15,17H,5-7,10-11H2,1-4H3. The van der Waals surface area contributed by atoms with Gasteiger partial charge in [-0.05, 0) is 70.4 Å². The number of nitrogens with zero attached hydrogens (tertiary/aromatic N) is 2. The second kappa shape index (κ2) is 6.02. The lowest BCUT2D eigenvalue weighted by atomic mass is 9.82.